The molecule has 3 heteroatoms. The van der Waals surface area contributed by atoms with E-state index in [-0.39, 0.29) is 12.6 Å². The first-order chi connectivity index (χ1) is 7.35. The molecule has 1 aliphatic rings. The summed E-state index contributed by atoms with van der Waals surface area (Å²) in [4.78, 5) is 0. The second kappa shape index (κ2) is 4.64. The van der Waals surface area contributed by atoms with E-state index in [9.17, 15) is 0 Å². The van der Waals surface area contributed by atoms with Gasteiger partial charge in [0.15, 0.2) is 0 Å². The Kier molecular flexibility index (Phi) is 3.23. The maximum Gasteiger partial charge on any atom is 0.122 e. The van der Waals surface area contributed by atoms with Gasteiger partial charge < -0.3 is 15.2 Å². The van der Waals surface area contributed by atoms with Gasteiger partial charge in [0.05, 0.1) is 6.61 Å². The van der Waals surface area contributed by atoms with Crippen molar-refractivity contribution < 1.29 is 9.84 Å². The minimum absolute atomic E-state index is 0.207. The van der Waals surface area contributed by atoms with Crippen LogP contribution >= 0.6 is 0 Å². The van der Waals surface area contributed by atoms with Crippen LogP contribution in [-0.2, 0) is 6.42 Å². The summed E-state index contributed by atoms with van der Waals surface area (Å²) in [5, 5.41) is 12.2. The van der Waals surface area contributed by atoms with Crippen molar-refractivity contribution in [3.63, 3.8) is 0 Å². The van der Waals surface area contributed by atoms with Crippen molar-refractivity contribution in [1.29, 1.82) is 0 Å². The Balaban J connectivity index is 2.20. The molecule has 0 fully saturated rings. The van der Waals surface area contributed by atoms with Crippen LogP contribution in [0.15, 0.2) is 18.2 Å². The van der Waals surface area contributed by atoms with Gasteiger partial charge in [0.25, 0.3) is 0 Å². The molecule has 1 atom stereocenters. The first-order valence-electron chi connectivity index (χ1n) is 5.39. The van der Waals surface area contributed by atoms with Crippen LogP contribution in [0.4, 0.5) is 0 Å². The average molecular weight is 207 g/mol. The van der Waals surface area contributed by atoms with E-state index in [2.05, 4.69) is 17.4 Å². The van der Waals surface area contributed by atoms with Gasteiger partial charge in [-0.1, -0.05) is 12.1 Å². The van der Waals surface area contributed by atoms with Crippen molar-refractivity contribution in [1.82, 2.24) is 5.32 Å². The summed E-state index contributed by atoms with van der Waals surface area (Å²) < 4.78 is 5.46. The van der Waals surface area contributed by atoms with E-state index >= 15 is 0 Å². The fraction of sp³-hybridized carbons (Fsp3) is 0.500. The average Bonchev–Trinajstić information content (AvgIpc) is 2.72. The summed E-state index contributed by atoms with van der Waals surface area (Å²) in [6.07, 6.45) is 1.74. The third-order valence-electron chi connectivity index (χ3n) is 2.88. The van der Waals surface area contributed by atoms with Crippen molar-refractivity contribution >= 4 is 0 Å². The molecule has 2 N–H and O–H groups in total. The van der Waals surface area contributed by atoms with E-state index in [0.29, 0.717) is 0 Å². The Morgan fingerprint density at radius 3 is 3.13 bits per heavy atom. The fourth-order valence-corrected chi connectivity index (χ4v) is 2.03. The van der Waals surface area contributed by atoms with Gasteiger partial charge in [0.1, 0.15) is 5.75 Å². The summed E-state index contributed by atoms with van der Waals surface area (Å²) in [5.74, 6) is 1.01. The molecular formula is C12H17NO2. The largest absolute Gasteiger partial charge is 0.493 e. The lowest BCUT2D eigenvalue weighted by atomic mass is 10.0. The number of hydrogen-bond acceptors (Lipinski definition) is 3. The Morgan fingerprint density at radius 1 is 1.53 bits per heavy atom. The molecule has 1 aromatic carbocycles. The third kappa shape index (κ3) is 2.13. The molecule has 1 heterocycles. The standard InChI is InChI=1S/C12H17NO2/c1-13-11(4-6-14)9-2-3-12-10(8-9)5-7-15-12/h2-3,8,11,13-14H,4-7H2,1H3. The summed E-state index contributed by atoms with van der Waals surface area (Å²) in [6.45, 7) is 1.00. The van der Waals surface area contributed by atoms with Crippen LogP contribution < -0.4 is 10.1 Å². The second-order valence-corrected chi connectivity index (χ2v) is 3.82. The van der Waals surface area contributed by atoms with Gasteiger partial charge in [-0.3, -0.25) is 0 Å². The highest BCUT2D eigenvalue weighted by Crippen LogP contribution is 2.28. The SMILES string of the molecule is CNC(CCO)c1ccc2c(c1)CCO2. The quantitative estimate of drug-likeness (QED) is 0.781. The molecule has 15 heavy (non-hydrogen) atoms. The van der Waals surface area contributed by atoms with Gasteiger partial charge in [-0.2, -0.15) is 0 Å². The highest BCUT2D eigenvalue weighted by molar-refractivity contribution is 5.40. The number of aliphatic hydroxyl groups is 1. The lowest BCUT2D eigenvalue weighted by molar-refractivity contribution is 0.269. The maximum absolute atomic E-state index is 8.96. The van der Waals surface area contributed by atoms with Crippen LogP contribution in [-0.4, -0.2) is 25.4 Å². The van der Waals surface area contributed by atoms with Crippen molar-refractivity contribution in [3.05, 3.63) is 29.3 Å². The molecule has 1 aliphatic heterocycles. The van der Waals surface area contributed by atoms with Gasteiger partial charge in [-0.15, -0.1) is 0 Å². The topological polar surface area (TPSA) is 41.5 Å². The first-order valence-corrected chi connectivity index (χ1v) is 5.39. The summed E-state index contributed by atoms with van der Waals surface area (Å²) in [6, 6.07) is 6.51. The van der Waals surface area contributed by atoms with Crippen LogP contribution in [0.1, 0.15) is 23.6 Å². The van der Waals surface area contributed by atoms with E-state index in [1.165, 1.54) is 11.1 Å². The van der Waals surface area contributed by atoms with Crippen LogP contribution in [0.25, 0.3) is 0 Å². The van der Waals surface area contributed by atoms with E-state index in [1.54, 1.807) is 0 Å². The van der Waals surface area contributed by atoms with Gasteiger partial charge in [-0.25, -0.2) is 0 Å². The lowest BCUT2D eigenvalue weighted by Crippen LogP contribution is -2.17. The Morgan fingerprint density at radius 2 is 2.40 bits per heavy atom. The number of benzene rings is 1. The number of rotatable bonds is 4. The van der Waals surface area contributed by atoms with Crippen LogP contribution in [0, 0.1) is 0 Å². The van der Waals surface area contributed by atoms with E-state index < -0.39 is 0 Å². The summed E-state index contributed by atoms with van der Waals surface area (Å²) in [7, 11) is 1.92. The minimum Gasteiger partial charge on any atom is -0.493 e. The Labute approximate surface area is 90.1 Å². The molecule has 0 amide bonds. The molecular weight excluding hydrogens is 190 g/mol. The lowest BCUT2D eigenvalue weighted by Gasteiger charge is -2.16. The second-order valence-electron chi connectivity index (χ2n) is 3.82. The Hall–Kier alpha value is -1.06. The van der Waals surface area contributed by atoms with Crippen LogP contribution in [0.5, 0.6) is 5.75 Å². The molecule has 0 aromatic heterocycles. The summed E-state index contributed by atoms with van der Waals surface area (Å²) >= 11 is 0. The molecule has 3 nitrogen and oxygen atoms in total. The van der Waals surface area contributed by atoms with E-state index in [4.69, 9.17) is 9.84 Å². The zero-order valence-electron chi connectivity index (χ0n) is 8.99. The minimum atomic E-state index is 0.207. The van der Waals surface area contributed by atoms with Crippen LogP contribution in [0.2, 0.25) is 0 Å². The molecule has 1 aromatic rings. The van der Waals surface area contributed by atoms with E-state index in [0.717, 1.165) is 25.2 Å². The van der Waals surface area contributed by atoms with E-state index in [1.807, 2.05) is 13.1 Å². The van der Waals surface area contributed by atoms with Crippen molar-refractivity contribution in [2.24, 2.45) is 0 Å². The van der Waals surface area contributed by atoms with Crippen molar-refractivity contribution in [3.8, 4) is 5.75 Å². The van der Waals surface area contributed by atoms with Gasteiger partial charge >= 0.3 is 0 Å². The normalized spacial score (nSPS) is 15.9. The zero-order valence-corrected chi connectivity index (χ0v) is 8.99. The molecule has 0 saturated carbocycles. The molecule has 0 bridgehead atoms. The molecule has 1 unspecified atom stereocenters. The first kappa shape index (κ1) is 10.5. The molecule has 2 rings (SSSR count). The Bertz CT molecular complexity index is 338. The van der Waals surface area contributed by atoms with Gasteiger partial charge in [0.2, 0.25) is 0 Å². The van der Waals surface area contributed by atoms with Crippen molar-refractivity contribution in [2.45, 2.75) is 18.9 Å². The summed E-state index contributed by atoms with van der Waals surface area (Å²) in [5.41, 5.74) is 2.52. The molecule has 0 spiro atoms. The van der Waals surface area contributed by atoms with Crippen molar-refractivity contribution in [2.75, 3.05) is 20.3 Å². The third-order valence-corrected chi connectivity index (χ3v) is 2.88. The van der Waals surface area contributed by atoms with Gasteiger partial charge in [0, 0.05) is 19.1 Å². The predicted octanol–water partition coefficient (Wildman–Crippen LogP) is 1.26. The molecule has 0 saturated heterocycles. The predicted molar refractivity (Wildman–Crippen MR) is 59.1 cm³/mol. The van der Waals surface area contributed by atoms with Crippen LogP contribution in [0.3, 0.4) is 0 Å². The highest BCUT2D eigenvalue weighted by Gasteiger charge is 2.15. The number of nitrogens with one attached hydrogen (secondary N) is 1. The number of ether oxygens (including phenoxy) is 1. The number of hydrogen-bond donors (Lipinski definition) is 2. The number of fused-ring (bicyclic) bond motifs is 1. The smallest absolute Gasteiger partial charge is 0.122 e. The highest BCUT2D eigenvalue weighted by atomic mass is 16.5. The maximum atomic E-state index is 8.96. The van der Waals surface area contributed by atoms with Gasteiger partial charge in [-0.05, 0) is 30.7 Å². The zero-order chi connectivity index (χ0) is 10.7. The molecule has 0 aliphatic carbocycles. The molecule has 0 radical (unpaired) electrons. The molecule has 82 valence electrons. The fourth-order valence-electron chi connectivity index (χ4n) is 2.03. The monoisotopic (exact) mass is 207 g/mol. The number of aliphatic hydroxyl groups excluding tert-OH is 1.